The fraction of sp³-hybridized carbons (Fsp3) is 0.846. The fourth-order valence-corrected chi connectivity index (χ4v) is 1.87. The van der Waals surface area contributed by atoms with Crippen LogP contribution in [-0.4, -0.2) is 49.7 Å². The van der Waals surface area contributed by atoms with Gasteiger partial charge in [0.15, 0.2) is 0 Å². The Morgan fingerprint density at radius 2 is 1.68 bits per heavy atom. The van der Waals surface area contributed by atoms with Gasteiger partial charge in [-0.3, -0.25) is 14.9 Å². The molecule has 2 amide bonds. The number of nitrogens with one attached hydrogen (secondary N) is 3. The zero-order chi connectivity index (χ0) is 14.3. The highest BCUT2D eigenvalue weighted by molar-refractivity contribution is 5.81. The first kappa shape index (κ1) is 15.9. The quantitative estimate of drug-likeness (QED) is 0.646. The second-order valence-corrected chi connectivity index (χ2v) is 5.86. The van der Waals surface area contributed by atoms with E-state index in [1.54, 1.807) is 0 Å². The monoisotopic (exact) mass is 271 g/mol. The fourth-order valence-electron chi connectivity index (χ4n) is 1.87. The minimum Gasteiger partial charge on any atom is -0.381 e. The summed E-state index contributed by atoms with van der Waals surface area (Å²) >= 11 is 0. The average Bonchev–Trinajstić information content (AvgIpc) is 2.27. The molecule has 0 radical (unpaired) electrons. The minimum atomic E-state index is -0.247. The first-order valence-corrected chi connectivity index (χ1v) is 6.75. The van der Waals surface area contributed by atoms with Gasteiger partial charge in [0.2, 0.25) is 11.8 Å². The van der Waals surface area contributed by atoms with Gasteiger partial charge in [0.25, 0.3) is 0 Å². The van der Waals surface area contributed by atoms with E-state index < -0.39 is 0 Å². The molecule has 0 unspecified atom stereocenters. The van der Waals surface area contributed by atoms with E-state index in [0.717, 1.165) is 12.8 Å². The summed E-state index contributed by atoms with van der Waals surface area (Å²) in [5, 5.41) is 8.59. The summed E-state index contributed by atoms with van der Waals surface area (Å²) in [5.41, 5.74) is -0.247. The number of carbonyl (C=O) groups is 2. The molecule has 0 spiro atoms. The van der Waals surface area contributed by atoms with Crippen LogP contribution in [0, 0.1) is 0 Å². The molecule has 1 heterocycles. The summed E-state index contributed by atoms with van der Waals surface area (Å²) in [6, 6.07) is 0.200. The first-order chi connectivity index (χ1) is 8.87. The maximum Gasteiger partial charge on any atom is 0.234 e. The molecule has 0 aromatic rings. The first-order valence-electron chi connectivity index (χ1n) is 6.75. The summed E-state index contributed by atoms with van der Waals surface area (Å²) in [7, 11) is 0. The summed E-state index contributed by atoms with van der Waals surface area (Å²) in [6.07, 6.45) is 1.71. The lowest BCUT2D eigenvalue weighted by Crippen LogP contribution is -2.47. The van der Waals surface area contributed by atoms with E-state index in [4.69, 9.17) is 4.74 Å². The van der Waals surface area contributed by atoms with Crippen molar-refractivity contribution in [3.63, 3.8) is 0 Å². The third kappa shape index (κ3) is 7.79. The molecule has 0 bridgehead atoms. The van der Waals surface area contributed by atoms with Crippen molar-refractivity contribution in [1.29, 1.82) is 0 Å². The van der Waals surface area contributed by atoms with Crippen LogP contribution in [0.4, 0.5) is 0 Å². The molecule has 1 aliphatic heterocycles. The lowest BCUT2D eigenvalue weighted by atomic mass is 10.1. The molecule has 1 saturated heterocycles. The number of hydrogen-bond acceptors (Lipinski definition) is 4. The SMILES string of the molecule is CC(C)(C)NC(=O)CNCC(=O)NC1CCOCC1. The lowest BCUT2D eigenvalue weighted by molar-refractivity contribution is -0.122. The summed E-state index contributed by atoms with van der Waals surface area (Å²) in [6.45, 7) is 7.47. The largest absolute Gasteiger partial charge is 0.381 e. The molecule has 19 heavy (non-hydrogen) atoms. The van der Waals surface area contributed by atoms with E-state index in [-0.39, 0.29) is 36.5 Å². The Morgan fingerprint density at radius 3 is 2.26 bits per heavy atom. The van der Waals surface area contributed by atoms with Crippen molar-refractivity contribution in [1.82, 2.24) is 16.0 Å². The van der Waals surface area contributed by atoms with Crippen molar-refractivity contribution in [2.45, 2.75) is 45.2 Å². The van der Waals surface area contributed by atoms with Crippen LogP contribution in [0.2, 0.25) is 0 Å². The van der Waals surface area contributed by atoms with E-state index in [2.05, 4.69) is 16.0 Å². The highest BCUT2D eigenvalue weighted by Gasteiger charge is 2.16. The number of rotatable bonds is 5. The Labute approximate surface area is 114 Å². The van der Waals surface area contributed by atoms with Crippen LogP contribution >= 0.6 is 0 Å². The van der Waals surface area contributed by atoms with E-state index in [9.17, 15) is 9.59 Å². The topological polar surface area (TPSA) is 79.5 Å². The van der Waals surface area contributed by atoms with Crippen molar-refractivity contribution in [2.24, 2.45) is 0 Å². The normalized spacial score (nSPS) is 17.0. The van der Waals surface area contributed by atoms with E-state index in [0.29, 0.717) is 13.2 Å². The molecule has 6 heteroatoms. The number of carbonyl (C=O) groups excluding carboxylic acids is 2. The van der Waals surface area contributed by atoms with Gasteiger partial charge in [-0.05, 0) is 33.6 Å². The van der Waals surface area contributed by atoms with Gasteiger partial charge in [-0.2, -0.15) is 0 Å². The van der Waals surface area contributed by atoms with Crippen molar-refractivity contribution < 1.29 is 14.3 Å². The van der Waals surface area contributed by atoms with Gasteiger partial charge in [-0.1, -0.05) is 0 Å². The Bertz CT molecular complexity index is 307. The highest BCUT2D eigenvalue weighted by Crippen LogP contribution is 2.05. The molecule has 0 aromatic carbocycles. The standard InChI is InChI=1S/C13H25N3O3/c1-13(2,3)16-12(18)9-14-8-11(17)15-10-4-6-19-7-5-10/h10,14H,4-9H2,1-3H3,(H,15,17)(H,16,18). The van der Waals surface area contributed by atoms with Crippen LogP contribution in [0.5, 0.6) is 0 Å². The minimum absolute atomic E-state index is 0.0736. The third-order valence-electron chi connectivity index (χ3n) is 2.67. The summed E-state index contributed by atoms with van der Waals surface area (Å²) < 4.78 is 5.22. The Kier molecular flexibility index (Phi) is 6.24. The second kappa shape index (κ2) is 7.45. The molecule has 110 valence electrons. The molecule has 0 atom stereocenters. The van der Waals surface area contributed by atoms with Gasteiger partial charge in [-0.25, -0.2) is 0 Å². The average molecular weight is 271 g/mol. The van der Waals surface area contributed by atoms with E-state index in [1.165, 1.54) is 0 Å². The molecule has 6 nitrogen and oxygen atoms in total. The Morgan fingerprint density at radius 1 is 1.11 bits per heavy atom. The summed E-state index contributed by atoms with van der Waals surface area (Å²) in [4.78, 5) is 23.1. The molecule has 0 aromatic heterocycles. The van der Waals surface area contributed by atoms with Crippen LogP contribution < -0.4 is 16.0 Å². The maximum absolute atomic E-state index is 11.6. The molecule has 1 rings (SSSR count). The predicted molar refractivity (Wildman–Crippen MR) is 72.7 cm³/mol. The zero-order valence-corrected chi connectivity index (χ0v) is 12.0. The van der Waals surface area contributed by atoms with Gasteiger partial charge in [0.1, 0.15) is 0 Å². The van der Waals surface area contributed by atoms with Crippen molar-refractivity contribution in [2.75, 3.05) is 26.3 Å². The van der Waals surface area contributed by atoms with Gasteiger partial charge >= 0.3 is 0 Å². The molecule has 0 aliphatic carbocycles. The van der Waals surface area contributed by atoms with Gasteiger partial charge in [0, 0.05) is 24.8 Å². The van der Waals surface area contributed by atoms with Crippen molar-refractivity contribution in [3.05, 3.63) is 0 Å². The van der Waals surface area contributed by atoms with Crippen LogP contribution in [0.3, 0.4) is 0 Å². The van der Waals surface area contributed by atoms with Crippen molar-refractivity contribution in [3.8, 4) is 0 Å². The van der Waals surface area contributed by atoms with Gasteiger partial charge in [-0.15, -0.1) is 0 Å². The smallest absolute Gasteiger partial charge is 0.234 e. The zero-order valence-electron chi connectivity index (χ0n) is 12.0. The third-order valence-corrected chi connectivity index (χ3v) is 2.67. The number of hydrogen-bond donors (Lipinski definition) is 3. The lowest BCUT2D eigenvalue weighted by Gasteiger charge is -2.23. The van der Waals surface area contributed by atoms with Crippen molar-refractivity contribution >= 4 is 11.8 Å². The molecule has 1 aliphatic rings. The second-order valence-electron chi connectivity index (χ2n) is 5.86. The van der Waals surface area contributed by atoms with Crippen LogP contribution in [0.1, 0.15) is 33.6 Å². The van der Waals surface area contributed by atoms with E-state index in [1.807, 2.05) is 20.8 Å². The van der Waals surface area contributed by atoms with E-state index >= 15 is 0 Å². The number of ether oxygens (including phenoxy) is 1. The molecular formula is C13H25N3O3. The van der Waals surface area contributed by atoms with Crippen LogP contribution in [0.15, 0.2) is 0 Å². The summed E-state index contributed by atoms with van der Waals surface area (Å²) in [5.74, 6) is -0.179. The van der Waals surface area contributed by atoms with Crippen LogP contribution in [-0.2, 0) is 14.3 Å². The predicted octanol–water partition coefficient (Wildman–Crippen LogP) is -0.214. The molecule has 0 saturated carbocycles. The van der Waals surface area contributed by atoms with Gasteiger partial charge in [0.05, 0.1) is 13.1 Å². The highest BCUT2D eigenvalue weighted by atomic mass is 16.5. The molecular weight excluding hydrogens is 246 g/mol. The molecule has 3 N–H and O–H groups in total. The maximum atomic E-state index is 11.6. The Balaban J connectivity index is 2.11. The molecule has 1 fully saturated rings. The van der Waals surface area contributed by atoms with Gasteiger partial charge < -0.3 is 15.4 Å². The Hall–Kier alpha value is -1.14. The van der Waals surface area contributed by atoms with Crippen LogP contribution in [0.25, 0.3) is 0 Å². The number of amides is 2.